The van der Waals surface area contributed by atoms with E-state index in [1.54, 1.807) is 0 Å². The number of rotatable bonds is 3. The minimum Gasteiger partial charge on any atom is -0.481 e. The molecule has 1 aromatic carbocycles. The van der Waals surface area contributed by atoms with Gasteiger partial charge in [-0.25, -0.2) is 4.68 Å². The summed E-state index contributed by atoms with van der Waals surface area (Å²) in [5, 5.41) is 15.7. The molecule has 0 spiro atoms. The van der Waals surface area contributed by atoms with Crippen LogP contribution >= 0.6 is 15.9 Å². The van der Waals surface area contributed by atoms with Crippen LogP contribution in [0.2, 0.25) is 0 Å². The van der Waals surface area contributed by atoms with Crippen LogP contribution in [0.25, 0.3) is 5.69 Å². The smallest absolute Gasteiger partial charge is 0.418 e. The number of halogens is 4. The molecule has 0 amide bonds. The van der Waals surface area contributed by atoms with Crippen molar-refractivity contribution in [3.8, 4) is 5.69 Å². The molecule has 1 aromatic heterocycles. The summed E-state index contributed by atoms with van der Waals surface area (Å²) in [5.74, 6) is -1.14. The molecule has 5 nitrogen and oxygen atoms in total. The molecule has 0 unspecified atom stereocenters. The van der Waals surface area contributed by atoms with Gasteiger partial charge in [-0.15, -0.1) is 5.10 Å². The van der Waals surface area contributed by atoms with E-state index in [0.29, 0.717) is 0 Å². The summed E-state index contributed by atoms with van der Waals surface area (Å²) < 4.78 is 40.1. The fourth-order valence-corrected chi connectivity index (χ4v) is 1.95. The third-order valence-corrected chi connectivity index (χ3v) is 2.88. The lowest BCUT2D eigenvalue weighted by molar-refractivity contribution is -0.138. The summed E-state index contributed by atoms with van der Waals surface area (Å²) in [6.45, 7) is 0. The van der Waals surface area contributed by atoms with Gasteiger partial charge in [0.2, 0.25) is 0 Å². The van der Waals surface area contributed by atoms with Crippen molar-refractivity contribution in [3.63, 3.8) is 0 Å². The number of alkyl halides is 3. The van der Waals surface area contributed by atoms with Crippen LogP contribution in [-0.2, 0) is 17.4 Å². The second kappa shape index (κ2) is 5.23. The third kappa shape index (κ3) is 3.16. The van der Waals surface area contributed by atoms with E-state index < -0.39 is 24.1 Å². The molecule has 1 heterocycles. The highest BCUT2D eigenvalue weighted by Gasteiger charge is 2.34. The predicted molar refractivity (Wildman–Crippen MR) is 65.4 cm³/mol. The van der Waals surface area contributed by atoms with Crippen LogP contribution in [0.5, 0.6) is 0 Å². The average molecular weight is 350 g/mol. The number of hydrogen-bond acceptors (Lipinski definition) is 3. The highest BCUT2D eigenvalue weighted by Crippen LogP contribution is 2.35. The van der Waals surface area contributed by atoms with Crippen LogP contribution in [0.15, 0.2) is 28.9 Å². The molecule has 2 aromatic rings. The van der Waals surface area contributed by atoms with E-state index in [1.807, 2.05) is 0 Å². The molecule has 0 saturated heterocycles. The average Bonchev–Trinajstić information content (AvgIpc) is 2.75. The van der Waals surface area contributed by atoms with Gasteiger partial charge in [-0.05, 0) is 18.2 Å². The first-order valence-corrected chi connectivity index (χ1v) is 6.07. The minimum absolute atomic E-state index is 0.0774. The monoisotopic (exact) mass is 349 g/mol. The van der Waals surface area contributed by atoms with Crippen molar-refractivity contribution >= 4 is 21.9 Å². The summed E-state index contributed by atoms with van der Waals surface area (Å²) in [6.07, 6.45) is -3.80. The summed E-state index contributed by atoms with van der Waals surface area (Å²) in [4.78, 5) is 10.5. The Bertz CT molecular complexity index is 655. The van der Waals surface area contributed by atoms with Gasteiger partial charge in [0.05, 0.1) is 29.6 Å². The van der Waals surface area contributed by atoms with E-state index in [0.717, 1.165) is 16.9 Å². The molecule has 0 aliphatic rings. The number of aromatic nitrogens is 3. The number of carbonyl (C=O) groups is 1. The van der Waals surface area contributed by atoms with Crippen LogP contribution in [0.4, 0.5) is 13.2 Å². The van der Waals surface area contributed by atoms with Gasteiger partial charge in [-0.2, -0.15) is 13.2 Å². The SMILES string of the molecule is O=C(O)Cc1cn(-c2ccc(Br)cc2C(F)(F)F)nn1. The zero-order valence-electron chi connectivity index (χ0n) is 9.73. The summed E-state index contributed by atoms with van der Waals surface area (Å²) in [5.41, 5.74) is -1.03. The Labute approximate surface area is 119 Å². The van der Waals surface area contributed by atoms with Crippen LogP contribution in [0.3, 0.4) is 0 Å². The molecule has 2 rings (SSSR count). The molecule has 0 fully saturated rings. The molecular formula is C11H7BrF3N3O2. The molecule has 9 heteroatoms. The standard InChI is InChI=1S/C11H7BrF3N3O2/c12-6-1-2-9(8(3-6)11(13,14)15)18-5-7(16-17-18)4-10(19)20/h1-3,5H,4H2,(H,19,20). The van der Waals surface area contributed by atoms with Crippen molar-refractivity contribution < 1.29 is 23.1 Å². The normalized spacial score (nSPS) is 11.6. The Morgan fingerprint density at radius 3 is 2.70 bits per heavy atom. The summed E-state index contributed by atoms with van der Waals surface area (Å²) in [7, 11) is 0. The van der Waals surface area contributed by atoms with E-state index in [1.165, 1.54) is 12.1 Å². The van der Waals surface area contributed by atoms with E-state index >= 15 is 0 Å². The fourth-order valence-electron chi connectivity index (χ4n) is 1.59. The Hall–Kier alpha value is -1.90. The Morgan fingerprint density at radius 1 is 1.40 bits per heavy atom. The van der Waals surface area contributed by atoms with Crippen molar-refractivity contribution in [3.05, 3.63) is 40.1 Å². The zero-order chi connectivity index (χ0) is 14.9. The lowest BCUT2D eigenvalue weighted by atomic mass is 10.1. The molecule has 1 N–H and O–H groups in total. The molecular weight excluding hydrogens is 343 g/mol. The van der Waals surface area contributed by atoms with Crippen molar-refractivity contribution in [2.75, 3.05) is 0 Å². The molecule has 0 bridgehead atoms. The van der Waals surface area contributed by atoms with Crippen LogP contribution in [0, 0.1) is 0 Å². The fraction of sp³-hybridized carbons (Fsp3) is 0.182. The van der Waals surface area contributed by atoms with Crippen LogP contribution in [-0.4, -0.2) is 26.1 Å². The van der Waals surface area contributed by atoms with Gasteiger partial charge in [0.1, 0.15) is 0 Å². The highest BCUT2D eigenvalue weighted by molar-refractivity contribution is 9.10. The van der Waals surface area contributed by atoms with Gasteiger partial charge in [-0.3, -0.25) is 4.79 Å². The lowest BCUT2D eigenvalue weighted by Crippen LogP contribution is -2.11. The third-order valence-electron chi connectivity index (χ3n) is 2.38. The van der Waals surface area contributed by atoms with Gasteiger partial charge < -0.3 is 5.11 Å². The van der Waals surface area contributed by atoms with Gasteiger partial charge in [-0.1, -0.05) is 21.1 Å². The molecule has 0 aliphatic heterocycles. The van der Waals surface area contributed by atoms with Gasteiger partial charge >= 0.3 is 12.1 Å². The molecule has 106 valence electrons. The van der Waals surface area contributed by atoms with E-state index in [-0.39, 0.29) is 15.9 Å². The first-order valence-electron chi connectivity index (χ1n) is 5.27. The van der Waals surface area contributed by atoms with Crippen molar-refractivity contribution in [2.45, 2.75) is 12.6 Å². The zero-order valence-corrected chi connectivity index (χ0v) is 11.3. The van der Waals surface area contributed by atoms with Crippen molar-refractivity contribution in [2.24, 2.45) is 0 Å². The minimum atomic E-state index is -4.56. The quantitative estimate of drug-likeness (QED) is 0.924. The molecule has 0 atom stereocenters. The highest BCUT2D eigenvalue weighted by atomic mass is 79.9. The summed E-state index contributed by atoms with van der Waals surface area (Å²) >= 11 is 2.98. The van der Waals surface area contributed by atoms with Crippen molar-refractivity contribution in [1.82, 2.24) is 15.0 Å². The number of benzene rings is 1. The van der Waals surface area contributed by atoms with Gasteiger partial charge in [0.25, 0.3) is 0 Å². The van der Waals surface area contributed by atoms with Gasteiger partial charge in [0.15, 0.2) is 0 Å². The summed E-state index contributed by atoms with van der Waals surface area (Å²) in [6, 6.07) is 3.59. The van der Waals surface area contributed by atoms with E-state index in [4.69, 9.17) is 5.11 Å². The number of aliphatic carboxylic acids is 1. The maximum atomic E-state index is 13.0. The Kier molecular flexibility index (Phi) is 3.80. The second-order valence-corrected chi connectivity index (χ2v) is 4.80. The first kappa shape index (κ1) is 14.5. The number of hydrogen-bond donors (Lipinski definition) is 1. The lowest BCUT2D eigenvalue weighted by Gasteiger charge is -2.12. The predicted octanol–water partition coefficient (Wildman–Crippen LogP) is 2.68. The molecule has 0 aliphatic carbocycles. The first-order chi connectivity index (χ1) is 9.27. The van der Waals surface area contributed by atoms with E-state index in [9.17, 15) is 18.0 Å². The molecule has 0 saturated carbocycles. The number of nitrogens with zero attached hydrogens (tertiary/aromatic N) is 3. The second-order valence-electron chi connectivity index (χ2n) is 3.88. The molecule has 0 radical (unpaired) electrons. The Morgan fingerprint density at radius 2 is 2.10 bits per heavy atom. The Balaban J connectivity index is 2.47. The maximum absolute atomic E-state index is 13.0. The van der Waals surface area contributed by atoms with Crippen molar-refractivity contribution in [1.29, 1.82) is 0 Å². The number of carboxylic acid groups (broad SMARTS) is 1. The number of carboxylic acids is 1. The molecule has 20 heavy (non-hydrogen) atoms. The largest absolute Gasteiger partial charge is 0.481 e. The van der Waals surface area contributed by atoms with E-state index in [2.05, 4.69) is 26.2 Å². The van der Waals surface area contributed by atoms with Gasteiger partial charge in [0, 0.05) is 4.47 Å². The topological polar surface area (TPSA) is 68.0 Å². The maximum Gasteiger partial charge on any atom is 0.418 e. The van der Waals surface area contributed by atoms with Crippen LogP contribution < -0.4 is 0 Å². The van der Waals surface area contributed by atoms with Crippen LogP contribution in [0.1, 0.15) is 11.3 Å².